The van der Waals surface area contributed by atoms with Crippen LogP contribution in [0.2, 0.25) is 0 Å². The van der Waals surface area contributed by atoms with E-state index in [1.807, 2.05) is 12.1 Å². The van der Waals surface area contributed by atoms with E-state index in [9.17, 15) is 8.42 Å². The molecule has 1 aliphatic rings. The molecular weight excluding hydrogens is 334 g/mol. The maximum atomic E-state index is 11.5. The van der Waals surface area contributed by atoms with Gasteiger partial charge in [-0.3, -0.25) is 4.99 Å². The highest BCUT2D eigenvalue weighted by Crippen LogP contribution is 2.40. The lowest BCUT2D eigenvalue weighted by Gasteiger charge is -2.28. The molecule has 0 atom stereocenters. The molecule has 2 rings (SSSR count). The van der Waals surface area contributed by atoms with Crippen molar-refractivity contribution in [3.05, 3.63) is 29.8 Å². The molecule has 6 heteroatoms. The fourth-order valence-corrected chi connectivity index (χ4v) is 4.13. The van der Waals surface area contributed by atoms with Crippen molar-refractivity contribution in [1.29, 1.82) is 0 Å². The number of sulfone groups is 1. The first-order valence-corrected chi connectivity index (χ1v) is 11.0. The number of hydrogen-bond donors (Lipinski definition) is 2. The fraction of sp³-hybridized carbons (Fsp3) is 0.632. The number of aliphatic imine (C=N–C) groups is 1. The lowest BCUT2D eigenvalue weighted by Crippen LogP contribution is -2.43. The predicted molar refractivity (Wildman–Crippen MR) is 104 cm³/mol. The minimum Gasteiger partial charge on any atom is -0.356 e. The van der Waals surface area contributed by atoms with Crippen LogP contribution in [0.1, 0.15) is 44.6 Å². The van der Waals surface area contributed by atoms with E-state index in [4.69, 9.17) is 0 Å². The molecule has 140 valence electrons. The van der Waals surface area contributed by atoms with Gasteiger partial charge in [0.05, 0.1) is 4.90 Å². The second-order valence-electron chi connectivity index (χ2n) is 7.08. The first-order valence-electron chi connectivity index (χ1n) is 9.12. The summed E-state index contributed by atoms with van der Waals surface area (Å²) in [4.78, 5) is 4.67. The zero-order valence-electron chi connectivity index (χ0n) is 15.6. The summed E-state index contributed by atoms with van der Waals surface area (Å²) in [5.41, 5.74) is 1.54. The predicted octanol–water partition coefficient (Wildman–Crippen LogP) is 2.77. The summed E-state index contributed by atoms with van der Waals surface area (Å²) in [6.07, 6.45) is 8.55. The molecular formula is C19H31N3O2S. The maximum absolute atomic E-state index is 11.5. The number of hydrogen-bond acceptors (Lipinski definition) is 3. The smallest absolute Gasteiger partial charge is 0.191 e. The van der Waals surface area contributed by atoms with Gasteiger partial charge in [0.1, 0.15) is 0 Å². The highest BCUT2D eigenvalue weighted by atomic mass is 32.2. The Kier molecular flexibility index (Phi) is 6.87. The molecule has 0 radical (unpaired) electrons. The van der Waals surface area contributed by atoms with Crippen LogP contribution in [-0.4, -0.2) is 40.8 Å². The average molecular weight is 366 g/mol. The lowest BCUT2D eigenvalue weighted by atomic mass is 9.83. The van der Waals surface area contributed by atoms with E-state index in [2.05, 4.69) is 22.5 Å². The topological polar surface area (TPSA) is 70.6 Å². The average Bonchev–Trinajstić information content (AvgIpc) is 3.07. The second kappa shape index (κ2) is 8.70. The van der Waals surface area contributed by atoms with Crippen molar-refractivity contribution >= 4 is 15.8 Å². The van der Waals surface area contributed by atoms with E-state index in [0.29, 0.717) is 10.3 Å². The zero-order valence-corrected chi connectivity index (χ0v) is 16.5. The molecule has 0 bridgehead atoms. The molecule has 2 N–H and O–H groups in total. The van der Waals surface area contributed by atoms with Crippen LogP contribution in [0.15, 0.2) is 34.2 Å². The first-order chi connectivity index (χ1) is 11.9. The summed E-state index contributed by atoms with van der Waals surface area (Å²) in [5.74, 6) is 0.840. The van der Waals surface area contributed by atoms with Crippen LogP contribution in [0.3, 0.4) is 0 Å². The standard InChI is InChI=1S/C19H31N3O2S/c1-4-19(12-5-6-13-19)15-22-18(20-2)21-14-11-16-7-9-17(10-8-16)25(3,23)24/h7-10H,4-6,11-15H2,1-3H3,(H2,20,21,22). The van der Waals surface area contributed by atoms with Gasteiger partial charge in [-0.2, -0.15) is 0 Å². The fourth-order valence-electron chi connectivity index (χ4n) is 3.50. The number of nitrogens with zero attached hydrogens (tertiary/aromatic N) is 1. The van der Waals surface area contributed by atoms with E-state index in [1.54, 1.807) is 19.2 Å². The third-order valence-corrected chi connectivity index (χ3v) is 6.45. The molecule has 0 unspecified atom stereocenters. The third-order valence-electron chi connectivity index (χ3n) is 5.33. The van der Waals surface area contributed by atoms with Crippen molar-refractivity contribution in [3.63, 3.8) is 0 Å². The Morgan fingerprint density at radius 3 is 2.32 bits per heavy atom. The van der Waals surface area contributed by atoms with E-state index >= 15 is 0 Å². The zero-order chi connectivity index (χ0) is 18.3. The van der Waals surface area contributed by atoms with Crippen LogP contribution in [-0.2, 0) is 16.3 Å². The van der Waals surface area contributed by atoms with Gasteiger partial charge < -0.3 is 10.6 Å². The molecule has 1 aromatic rings. The molecule has 1 aromatic carbocycles. The van der Waals surface area contributed by atoms with Gasteiger partial charge >= 0.3 is 0 Å². The van der Waals surface area contributed by atoms with Gasteiger partial charge in [-0.15, -0.1) is 0 Å². The van der Waals surface area contributed by atoms with Crippen LogP contribution in [0.25, 0.3) is 0 Å². The Hall–Kier alpha value is -1.56. The van der Waals surface area contributed by atoms with Gasteiger partial charge in [-0.1, -0.05) is 31.9 Å². The molecule has 1 saturated carbocycles. The Balaban J connectivity index is 1.79. The number of nitrogens with one attached hydrogen (secondary N) is 2. The maximum Gasteiger partial charge on any atom is 0.191 e. The molecule has 0 amide bonds. The molecule has 0 saturated heterocycles. The van der Waals surface area contributed by atoms with E-state index in [-0.39, 0.29) is 0 Å². The Bertz CT molecular complexity index is 675. The molecule has 1 fully saturated rings. The van der Waals surface area contributed by atoms with Crippen molar-refractivity contribution in [1.82, 2.24) is 10.6 Å². The van der Waals surface area contributed by atoms with Crippen LogP contribution in [0.5, 0.6) is 0 Å². The van der Waals surface area contributed by atoms with Crippen molar-refractivity contribution in [2.75, 3.05) is 26.4 Å². The summed E-state index contributed by atoms with van der Waals surface area (Å²) in [5, 5.41) is 6.83. The molecule has 0 spiro atoms. The molecule has 25 heavy (non-hydrogen) atoms. The normalized spacial score (nSPS) is 17.5. The second-order valence-corrected chi connectivity index (χ2v) is 9.10. The molecule has 0 heterocycles. The summed E-state index contributed by atoms with van der Waals surface area (Å²) in [7, 11) is -1.33. The number of guanidine groups is 1. The monoisotopic (exact) mass is 365 g/mol. The van der Waals surface area contributed by atoms with Gasteiger partial charge in [0, 0.05) is 26.4 Å². The minimum atomic E-state index is -3.13. The van der Waals surface area contributed by atoms with E-state index in [1.165, 1.54) is 38.4 Å². The van der Waals surface area contributed by atoms with E-state index in [0.717, 1.165) is 31.0 Å². The van der Waals surface area contributed by atoms with Gasteiger partial charge in [0.2, 0.25) is 0 Å². The van der Waals surface area contributed by atoms with Gasteiger partial charge in [-0.05, 0) is 48.8 Å². The third kappa shape index (κ3) is 5.73. The summed E-state index contributed by atoms with van der Waals surface area (Å²) in [6.45, 7) is 4.02. The van der Waals surface area contributed by atoms with E-state index < -0.39 is 9.84 Å². The number of rotatable bonds is 7. The quantitative estimate of drug-likeness (QED) is 0.576. The highest BCUT2D eigenvalue weighted by molar-refractivity contribution is 7.90. The van der Waals surface area contributed by atoms with Crippen LogP contribution in [0, 0.1) is 5.41 Å². The van der Waals surface area contributed by atoms with Gasteiger partial charge in [0.15, 0.2) is 15.8 Å². The largest absolute Gasteiger partial charge is 0.356 e. The summed E-state index contributed by atoms with van der Waals surface area (Å²) < 4.78 is 23.0. The Labute approximate surface area is 152 Å². The van der Waals surface area contributed by atoms with Crippen molar-refractivity contribution < 1.29 is 8.42 Å². The molecule has 0 aliphatic heterocycles. The van der Waals surface area contributed by atoms with Gasteiger partial charge in [-0.25, -0.2) is 8.42 Å². The minimum absolute atomic E-state index is 0.364. The lowest BCUT2D eigenvalue weighted by molar-refractivity contribution is 0.283. The molecule has 5 nitrogen and oxygen atoms in total. The Morgan fingerprint density at radius 1 is 1.16 bits per heavy atom. The van der Waals surface area contributed by atoms with Crippen molar-refractivity contribution in [2.45, 2.75) is 50.3 Å². The van der Waals surface area contributed by atoms with Crippen molar-refractivity contribution in [3.8, 4) is 0 Å². The van der Waals surface area contributed by atoms with Crippen LogP contribution < -0.4 is 10.6 Å². The molecule has 0 aromatic heterocycles. The van der Waals surface area contributed by atoms with Gasteiger partial charge in [0.25, 0.3) is 0 Å². The number of benzene rings is 1. The van der Waals surface area contributed by atoms with Crippen LogP contribution >= 0.6 is 0 Å². The Morgan fingerprint density at radius 2 is 1.80 bits per heavy atom. The highest BCUT2D eigenvalue weighted by Gasteiger charge is 2.31. The first kappa shape index (κ1) is 19.8. The SMILES string of the molecule is CCC1(CNC(=NC)NCCc2ccc(S(C)(=O)=O)cc2)CCCC1. The summed E-state index contributed by atoms with van der Waals surface area (Å²) >= 11 is 0. The van der Waals surface area contributed by atoms with Crippen LogP contribution in [0.4, 0.5) is 0 Å². The summed E-state index contributed by atoms with van der Waals surface area (Å²) in [6, 6.07) is 7.09. The molecule has 1 aliphatic carbocycles. The van der Waals surface area contributed by atoms with Crippen molar-refractivity contribution in [2.24, 2.45) is 10.4 Å².